The van der Waals surface area contributed by atoms with Crippen LogP contribution in [0.4, 0.5) is 0 Å². The van der Waals surface area contributed by atoms with Crippen LogP contribution in [0.2, 0.25) is 0 Å². The van der Waals surface area contributed by atoms with E-state index in [0.29, 0.717) is 12.0 Å². The molecule has 4 rings (SSSR count). The fourth-order valence-corrected chi connectivity index (χ4v) is 4.42. The van der Waals surface area contributed by atoms with E-state index in [-0.39, 0.29) is 0 Å². The van der Waals surface area contributed by atoms with Crippen molar-refractivity contribution in [3.63, 3.8) is 0 Å². The lowest BCUT2D eigenvalue weighted by atomic mass is 9.85. The Labute approximate surface area is 144 Å². The highest BCUT2D eigenvalue weighted by molar-refractivity contribution is 5.22. The molecular formula is C19H29N5. The molecule has 2 aromatic rings. The van der Waals surface area contributed by atoms with Crippen molar-refractivity contribution in [1.82, 2.24) is 24.6 Å². The number of aromatic nitrogens is 4. The van der Waals surface area contributed by atoms with Crippen LogP contribution < -0.4 is 5.32 Å². The van der Waals surface area contributed by atoms with Crippen LogP contribution in [0.25, 0.3) is 0 Å². The summed E-state index contributed by atoms with van der Waals surface area (Å²) in [6.45, 7) is 4.06. The fourth-order valence-electron chi connectivity index (χ4n) is 4.42. The Morgan fingerprint density at radius 2 is 2.00 bits per heavy atom. The van der Waals surface area contributed by atoms with Crippen molar-refractivity contribution < 1.29 is 0 Å². The van der Waals surface area contributed by atoms with Crippen molar-refractivity contribution in [3.05, 3.63) is 35.2 Å². The monoisotopic (exact) mass is 327 g/mol. The first kappa shape index (κ1) is 15.9. The number of rotatable bonds is 4. The Morgan fingerprint density at radius 3 is 2.83 bits per heavy atom. The maximum atomic E-state index is 4.80. The van der Waals surface area contributed by atoms with Gasteiger partial charge in [0.15, 0.2) is 0 Å². The first-order chi connectivity index (χ1) is 11.7. The molecule has 3 heterocycles. The highest BCUT2D eigenvalue weighted by Crippen LogP contribution is 2.33. The summed E-state index contributed by atoms with van der Waals surface area (Å²) in [5.74, 6) is 1.92. The number of imidazole rings is 1. The van der Waals surface area contributed by atoms with Crippen molar-refractivity contribution in [2.75, 3.05) is 0 Å². The molecule has 2 aromatic heterocycles. The van der Waals surface area contributed by atoms with Crippen LogP contribution in [0, 0.1) is 6.92 Å². The Bertz CT molecular complexity index is 693. The van der Waals surface area contributed by atoms with E-state index in [2.05, 4.69) is 41.2 Å². The van der Waals surface area contributed by atoms with E-state index < -0.39 is 0 Å². The molecule has 1 aliphatic carbocycles. The summed E-state index contributed by atoms with van der Waals surface area (Å²) in [4.78, 5) is 4.60. The number of nitrogens with one attached hydrogen (secondary N) is 1. The van der Waals surface area contributed by atoms with Crippen LogP contribution in [0.15, 0.2) is 12.4 Å². The van der Waals surface area contributed by atoms with Crippen molar-refractivity contribution in [1.29, 1.82) is 0 Å². The number of aryl methyl sites for hydroxylation is 3. The lowest BCUT2D eigenvalue weighted by Crippen LogP contribution is -2.37. The Balaban J connectivity index is 1.41. The van der Waals surface area contributed by atoms with Gasteiger partial charge in [-0.3, -0.25) is 4.68 Å². The van der Waals surface area contributed by atoms with Gasteiger partial charge in [0.1, 0.15) is 5.82 Å². The van der Waals surface area contributed by atoms with Gasteiger partial charge in [0.05, 0.1) is 11.4 Å². The van der Waals surface area contributed by atoms with Gasteiger partial charge < -0.3 is 9.88 Å². The van der Waals surface area contributed by atoms with Crippen LogP contribution in [-0.2, 0) is 26.6 Å². The number of fused-ring (bicyclic) bond motifs is 1. The summed E-state index contributed by atoms with van der Waals surface area (Å²) < 4.78 is 4.32. The second-order valence-electron chi connectivity index (χ2n) is 7.62. The first-order valence-corrected chi connectivity index (χ1v) is 9.47. The first-order valence-electron chi connectivity index (χ1n) is 9.47. The molecule has 0 unspecified atom stereocenters. The van der Waals surface area contributed by atoms with E-state index in [1.54, 1.807) is 0 Å². The van der Waals surface area contributed by atoms with Gasteiger partial charge >= 0.3 is 0 Å². The average Bonchev–Trinajstić information content (AvgIpc) is 3.14. The number of nitrogens with zero attached hydrogens (tertiary/aromatic N) is 4. The summed E-state index contributed by atoms with van der Waals surface area (Å²) in [5.41, 5.74) is 3.88. The van der Waals surface area contributed by atoms with Gasteiger partial charge in [0.25, 0.3) is 0 Å². The van der Waals surface area contributed by atoms with Gasteiger partial charge in [0, 0.05) is 56.5 Å². The van der Waals surface area contributed by atoms with Gasteiger partial charge in [-0.2, -0.15) is 5.10 Å². The van der Waals surface area contributed by atoms with Gasteiger partial charge in [-0.1, -0.05) is 19.3 Å². The molecule has 24 heavy (non-hydrogen) atoms. The van der Waals surface area contributed by atoms with E-state index in [1.165, 1.54) is 55.6 Å². The molecule has 5 heteroatoms. The van der Waals surface area contributed by atoms with E-state index >= 15 is 0 Å². The van der Waals surface area contributed by atoms with Gasteiger partial charge in [0.2, 0.25) is 0 Å². The summed E-state index contributed by atoms with van der Waals surface area (Å²) in [5, 5.41) is 8.58. The van der Waals surface area contributed by atoms with Crippen molar-refractivity contribution in [2.24, 2.45) is 7.05 Å². The normalized spacial score (nSPS) is 21.8. The SMILES string of the molecule is Cc1cn2c(n1)CC[C@@H](NCc1cn(C)nc1C1CCCCC1)C2. The number of hydrogen-bond donors (Lipinski definition) is 1. The third-order valence-electron chi connectivity index (χ3n) is 5.62. The molecule has 0 amide bonds. The molecule has 0 bridgehead atoms. The van der Waals surface area contributed by atoms with E-state index in [9.17, 15) is 0 Å². The lowest BCUT2D eigenvalue weighted by Gasteiger charge is -2.25. The summed E-state index contributed by atoms with van der Waals surface area (Å²) in [7, 11) is 2.05. The van der Waals surface area contributed by atoms with Crippen LogP contribution in [0.1, 0.15) is 67.2 Å². The van der Waals surface area contributed by atoms with Gasteiger partial charge in [-0.25, -0.2) is 4.98 Å². The Morgan fingerprint density at radius 1 is 1.17 bits per heavy atom. The number of hydrogen-bond acceptors (Lipinski definition) is 3. The zero-order chi connectivity index (χ0) is 16.5. The molecule has 0 radical (unpaired) electrons. The molecule has 0 spiro atoms. The third-order valence-corrected chi connectivity index (χ3v) is 5.62. The van der Waals surface area contributed by atoms with E-state index in [0.717, 1.165) is 25.2 Å². The highest BCUT2D eigenvalue weighted by atomic mass is 15.3. The zero-order valence-electron chi connectivity index (χ0n) is 15.0. The van der Waals surface area contributed by atoms with Crippen LogP contribution in [0.3, 0.4) is 0 Å². The molecule has 1 saturated carbocycles. The van der Waals surface area contributed by atoms with Crippen LogP contribution in [0.5, 0.6) is 0 Å². The lowest BCUT2D eigenvalue weighted by molar-refractivity contribution is 0.376. The molecule has 1 aliphatic heterocycles. The topological polar surface area (TPSA) is 47.7 Å². The van der Waals surface area contributed by atoms with Gasteiger partial charge in [-0.05, 0) is 26.2 Å². The second-order valence-corrected chi connectivity index (χ2v) is 7.62. The third kappa shape index (κ3) is 3.27. The molecule has 1 N–H and O–H groups in total. The zero-order valence-corrected chi connectivity index (χ0v) is 15.0. The molecule has 1 atom stereocenters. The van der Waals surface area contributed by atoms with Gasteiger partial charge in [-0.15, -0.1) is 0 Å². The summed E-state index contributed by atoms with van der Waals surface area (Å²) in [6, 6.07) is 0.533. The quantitative estimate of drug-likeness (QED) is 0.939. The molecule has 5 nitrogen and oxygen atoms in total. The van der Waals surface area contributed by atoms with Crippen molar-refractivity contribution in [2.45, 2.75) is 76.9 Å². The average molecular weight is 327 g/mol. The van der Waals surface area contributed by atoms with Crippen molar-refractivity contribution >= 4 is 0 Å². The van der Waals surface area contributed by atoms with E-state index in [4.69, 9.17) is 5.10 Å². The molecular weight excluding hydrogens is 298 g/mol. The molecule has 1 fully saturated rings. The summed E-state index contributed by atoms with van der Waals surface area (Å²) >= 11 is 0. The molecule has 130 valence electrons. The highest BCUT2D eigenvalue weighted by Gasteiger charge is 2.23. The maximum absolute atomic E-state index is 4.80. The van der Waals surface area contributed by atoms with Crippen LogP contribution >= 0.6 is 0 Å². The van der Waals surface area contributed by atoms with Crippen LogP contribution in [-0.4, -0.2) is 25.4 Å². The minimum atomic E-state index is 0.533. The smallest absolute Gasteiger partial charge is 0.109 e. The molecule has 0 aromatic carbocycles. The minimum absolute atomic E-state index is 0.533. The van der Waals surface area contributed by atoms with Crippen molar-refractivity contribution in [3.8, 4) is 0 Å². The molecule has 2 aliphatic rings. The predicted molar refractivity (Wildman–Crippen MR) is 94.9 cm³/mol. The molecule has 0 saturated heterocycles. The largest absolute Gasteiger partial charge is 0.333 e. The second kappa shape index (κ2) is 6.71. The Hall–Kier alpha value is -1.62. The Kier molecular flexibility index (Phi) is 4.44. The fraction of sp³-hybridized carbons (Fsp3) is 0.684. The summed E-state index contributed by atoms with van der Waals surface area (Å²) in [6.07, 6.45) is 13.4. The van der Waals surface area contributed by atoms with E-state index in [1.807, 2.05) is 4.68 Å². The maximum Gasteiger partial charge on any atom is 0.109 e. The minimum Gasteiger partial charge on any atom is -0.333 e. The standard InChI is InChI=1S/C19H29N5/c1-14-11-24-13-17(8-9-18(24)21-14)20-10-16-12-23(2)22-19(16)15-6-4-3-5-7-15/h11-12,15,17,20H,3-10,13H2,1-2H3/t17-/m1/s1. The predicted octanol–water partition coefficient (Wildman–Crippen LogP) is 3.08.